The van der Waals surface area contributed by atoms with Gasteiger partial charge in [0.05, 0.1) is 13.0 Å². The molecular formula is C10H13FN2O2. The van der Waals surface area contributed by atoms with Crippen molar-refractivity contribution >= 4 is 5.91 Å². The Morgan fingerprint density at radius 2 is 2.27 bits per heavy atom. The summed E-state index contributed by atoms with van der Waals surface area (Å²) < 4.78 is 18.0. The number of methoxy groups -OCH3 is 1. The number of amides is 1. The van der Waals surface area contributed by atoms with Gasteiger partial charge >= 0.3 is 0 Å². The van der Waals surface area contributed by atoms with E-state index in [0.717, 1.165) is 0 Å². The molecule has 5 heteroatoms. The first kappa shape index (κ1) is 11.5. The summed E-state index contributed by atoms with van der Waals surface area (Å²) in [7, 11) is 1.44. The summed E-state index contributed by atoms with van der Waals surface area (Å²) >= 11 is 0. The molecule has 0 heterocycles. The Labute approximate surface area is 87.0 Å². The Bertz CT molecular complexity index is 368. The highest BCUT2D eigenvalue weighted by molar-refractivity contribution is 5.83. The lowest BCUT2D eigenvalue weighted by molar-refractivity contribution is -0.119. The van der Waals surface area contributed by atoms with E-state index in [-0.39, 0.29) is 6.54 Å². The average molecular weight is 212 g/mol. The van der Waals surface area contributed by atoms with Crippen molar-refractivity contribution in [2.45, 2.75) is 5.92 Å². The first-order chi connectivity index (χ1) is 7.10. The molecule has 0 radical (unpaired) electrons. The van der Waals surface area contributed by atoms with Crippen LogP contribution in [-0.4, -0.2) is 19.6 Å². The summed E-state index contributed by atoms with van der Waals surface area (Å²) in [5.41, 5.74) is 10.9. The number of carbonyl (C=O) groups is 1. The van der Waals surface area contributed by atoms with Crippen LogP contribution in [0.2, 0.25) is 0 Å². The minimum atomic E-state index is -0.726. The summed E-state index contributed by atoms with van der Waals surface area (Å²) in [5, 5.41) is 0. The highest BCUT2D eigenvalue weighted by Gasteiger charge is 2.20. The summed E-state index contributed by atoms with van der Waals surface area (Å²) in [5.74, 6) is -1.37. The molecule has 0 fully saturated rings. The van der Waals surface area contributed by atoms with Crippen molar-refractivity contribution in [3.8, 4) is 5.75 Å². The molecule has 0 aliphatic carbocycles. The number of ether oxygens (including phenoxy) is 1. The molecule has 0 aliphatic rings. The number of carbonyl (C=O) groups excluding carboxylic acids is 1. The molecule has 0 saturated carbocycles. The Morgan fingerprint density at radius 1 is 1.60 bits per heavy atom. The maximum Gasteiger partial charge on any atom is 0.226 e. The van der Waals surface area contributed by atoms with E-state index < -0.39 is 17.6 Å². The van der Waals surface area contributed by atoms with E-state index in [4.69, 9.17) is 16.2 Å². The zero-order valence-corrected chi connectivity index (χ0v) is 8.37. The van der Waals surface area contributed by atoms with Crippen LogP contribution in [0.1, 0.15) is 11.5 Å². The van der Waals surface area contributed by atoms with Crippen LogP contribution in [0.5, 0.6) is 5.75 Å². The molecule has 1 unspecified atom stereocenters. The zero-order chi connectivity index (χ0) is 11.4. The molecule has 1 aromatic rings. The molecular weight excluding hydrogens is 199 g/mol. The molecule has 0 aromatic heterocycles. The third-order valence-corrected chi connectivity index (χ3v) is 2.15. The quantitative estimate of drug-likeness (QED) is 0.756. The van der Waals surface area contributed by atoms with Gasteiger partial charge in [-0.1, -0.05) is 0 Å². The van der Waals surface area contributed by atoms with Crippen LogP contribution in [0.3, 0.4) is 0 Å². The third-order valence-electron chi connectivity index (χ3n) is 2.15. The van der Waals surface area contributed by atoms with Crippen molar-refractivity contribution in [3.05, 3.63) is 29.6 Å². The average Bonchev–Trinajstić information content (AvgIpc) is 2.18. The number of rotatable bonds is 4. The van der Waals surface area contributed by atoms with Gasteiger partial charge in [-0.2, -0.15) is 0 Å². The van der Waals surface area contributed by atoms with Gasteiger partial charge in [-0.3, -0.25) is 4.79 Å². The standard InChI is InChI=1S/C10H13FN2O2/c1-15-9-3-2-6(11)4-7(9)8(5-12)10(13)14/h2-4,8H,5,12H2,1H3,(H2,13,14). The summed E-state index contributed by atoms with van der Waals surface area (Å²) in [4.78, 5) is 11.1. The SMILES string of the molecule is COc1ccc(F)cc1C(CN)C(N)=O. The minimum Gasteiger partial charge on any atom is -0.496 e. The highest BCUT2D eigenvalue weighted by Crippen LogP contribution is 2.26. The van der Waals surface area contributed by atoms with Crippen LogP contribution < -0.4 is 16.2 Å². The predicted octanol–water partition coefficient (Wildman–Crippen LogP) is 0.362. The van der Waals surface area contributed by atoms with Crippen LogP contribution >= 0.6 is 0 Å². The van der Waals surface area contributed by atoms with Gasteiger partial charge in [0.25, 0.3) is 0 Å². The number of hydrogen-bond acceptors (Lipinski definition) is 3. The summed E-state index contributed by atoms with van der Waals surface area (Å²) in [6, 6.07) is 3.90. The molecule has 1 amide bonds. The van der Waals surface area contributed by atoms with Crippen molar-refractivity contribution in [1.82, 2.24) is 0 Å². The van der Waals surface area contributed by atoms with E-state index >= 15 is 0 Å². The van der Waals surface area contributed by atoms with Crippen molar-refractivity contribution in [1.29, 1.82) is 0 Å². The van der Waals surface area contributed by atoms with Crippen LogP contribution in [0.25, 0.3) is 0 Å². The van der Waals surface area contributed by atoms with E-state index in [0.29, 0.717) is 11.3 Å². The molecule has 0 spiro atoms. The fourth-order valence-corrected chi connectivity index (χ4v) is 1.37. The third kappa shape index (κ3) is 2.44. The van der Waals surface area contributed by atoms with Crippen LogP contribution in [0.4, 0.5) is 4.39 Å². The molecule has 0 bridgehead atoms. The van der Waals surface area contributed by atoms with Crippen LogP contribution in [0, 0.1) is 5.82 Å². The van der Waals surface area contributed by atoms with Crippen LogP contribution in [-0.2, 0) is 4.79 Å². The lowest BCUT2D eigenvalue weighted by atomic mass is 9.97. The topological polar surface area (TPSA) is 78.3 Å². The Kier molecular flexibility index (Phi) is 3.62. The second kappa shape index (κ2) is 4.75. The van der Waals surface area contributed by atoms with E-state index in [2.05, 4.69) is 0 Å². The van der Waals surface area contributed by atoms with Crippen molar-refractivity contribution in [2.24, 2.45) is 11.5 Å². The van der Waals surface area contributed by atoms with Gasteiger partial charge in [0, 0.05) is 12.1 Å². The number of halogens is 1. The maximum atomic E-state index is 13.0. The molecule has 1 atom stereocenters. The molecule has 0 aliphatic heterocycles. The van der Waals surface area contributed by atoms with Gasteiger partial charge in [0.1, 0.15) is 11.6 Å². The predicted molar refractivity (Wildman–Crippen MR) is 53.9 cm³/mol. The maximum absolute atomic E-state index is 13.0. The molecule has 0 saturated heterocycles. The Hall–Kier alpha value is -1.62. The van der Waals surface area contributed by atoms with Crippen molar-refractivity contribution in [3.63, 3.8) is 0 Å². The smallest absolute Gasteiger partial charge is 0.226 e. The van der Waals surface area contributed by atoms with Gasteiger partial charge in [0.15, 0.2) is 0 Å². The number of nitrogens with two attached hydrogens (primary N) is 2. The van der Waals surface area contributed by atoms with Gasteiger partial charge in [0.2, 0.25) is 5.91 Å². The first-order valence-electron chi connectivity index (χ1n) is 4.43. The second-order valence-electron chi connectivity index (χ2n) is 3.08. The zero-order valence-electron chi connectivity index (χ0n) is 8.37. The first-order valence-corrected chi connectivity index (χ1v) is 4.43. The summed E-state index contributed by atoms with van der Waals surface area (Å²) in [6.07, 6.45) is 0. The summed E-state index contributed by atoms with van der Waals surface area (Å²) in [6.45, 7) is 0.0230. The largest absolute Gasteiger partial charge is 0.496 e. The van der Waals surface area contributed by atoms with E-state index in [1.165, 1.54) is 25.3 Å². The van der Waals surface area contributed by atoms with Gasteiger partial charge in [-0.25, -0.2) is 4.39 Å². The number of primary amides is 1. The Balaban J connectivity index is 3.19. The van der Waals surface area contributed by atoms with Gasteiger partial charge in [-0.05, 0) is 18.2 Å². The fourth-order valence-electron chi connectivity index (χ4n) is 1.37. The van der Waals surface area contributed by atoms with E-state index in [1.54, 1.807) is 0 Å². The molecule has 82 valence electrons. The fraction of sp³-hybridized carbons (Fsp3) is 0.300. The minimum absolute atomic E-state index is 0.0230. The molecule has 1 aromatic carbocycles. The van der Waals surface area contributed by atoms with Gasteiger partial charge in [-0.15, -0.1) is 0 Å². The van der Waals surface area contributed by atoms with E-state index in [1.807, 2.05) is 0 Å². The normalized spacial score (nSPS) is 12.2. The monoisotopic (exact) mass is 212 g/mol. The molecule has 4 nitrogen and oxygen atoms in total. The number of hydrogen-bond donors (Lipinski definition) is 2. The highest BCUT2D eigenvalue weighted by atomic mass is 19.1. The molecule has 1 rings (SSSR count). The Morgan fingerprint density at radius 3 is 2.73 bits per heavy atom. The molecule has 15 heavy (non-hydrogen) atoms. The van der Waals surface area contributed by atoms with Crippen molar-refractivity contribution in [2.75, 3.05) is 13.7 Å². The number of benzene rings is 1. The lowest BCUT2D eigenvalue weighted by Crippen LogP contribution is -2.28. The van der Waals surface area contributed by atoms with Crippen molar-refractivity contribution < 1.29 is 13.9 Å². The lowest BCUT2D eigenvalue weighted by Gasteiger charge is -2.14. The van der Waals surface area contributed by atoms with E-state index in [9.17, 15) is 9.18 Å². The second-order valence-corrected chi connectivity index (χ2v) is 3.08. The van der Waals surface area contributed by atoms with Gasteiger partial charge < -0.3 is 16.2 Å². The van der Waals surface area contributed by atoms with Crippen LogP contribution in [0.15, 0.2) is 18.2 Å². The molecule has 4 N–H and O–H groups in total.